The molecule has 0 unspecified atom stereocenters. The number of rotatable bonds is 6. The molecule has 0 aliphatic rings. The molecule has 5 heteroatoms. The molecule has 0 radical (unpaired) electrons. The fourth-order valence-electron chi connectivity index (χ4n) is 1.90. The maximum atomic E-state index is 5.32. The molecular formula is C14H19N3O2. The number of imidazole rings is 1. The van der Waals surface area contributed by atoms with E-state index in [1.807, 2.05) is 37.5 Å². The Bertz CT molecular complexity index is 537. The van der Waals surface area contributed by atoms with E-state index in [1.165, 1.54) is 0 Å². The van der Waals surface area contributed by atoms with Crippen molar-refractivity contribution in [1.29, 1.82) is 0 Å². The fraction of sp³-hybridized carbons (Fsp3) is 0.357. The van der Waals surface area contributed by atoms with Crippen LogP contribution in [0.4, 0.5) is 5.69 Å². The Hall–Kier alpha value is -2.17. The highest BCUT2D eigenvalue weighted by Gasteiger charge is 2.04. The summed E-state index contributed by atoms with van der Waals surface area (Å²) < 4.78 is 12.6. The molecule has 0 saturated heterocycles. The van der Waals surface area contributed by atoms with E-state index in [0.717, 1.165) is 36.1 Å². The monoisotopic (exact) mass is 261 g/mol. The molecule has 0 aliphatic carbocycles. The highest BCUT2D eigenvalue weighted by molar-refractivity contribution is 5.59. The van der Waals surface area contributed by atoms with Crippen LogP contribution in [0.2, 0.25) is 0 Å². The quantitative estimate of drug-likeness (QED) is 0.867. The molecule has 5 nitrogen and oxygen atoms in total. The van der Waals surface area contributed by atoms with Crippen molar-refractivity contribution in [2.75, 3.05) is 26.1 Å². The van der Waals surface area contributed by atoms with Crippen LogP contribution in [-0.4, -0.2) is 30.3 Å². The van der Waals surface area contributed by atoms with Crippen LogP contribution in [0.5, 0.6) is 11.5 Å². The van der Waals surface area contributed by atoms with Gasteiger partial charge in [0.1, 0.15) is 17.3 Å². The highest BCUT2D eigenvalue weighted by atomic mass is 16.5. The van der Waals surface area contributed by atoms with Gasteiger partial charge in [0, 0.05) is 31.5 Å². The van der Waals surface area contributed by atoms with Crippen LogP contribution in [0.15, 0.2) is 30.6 Å². The largest absolute Gasteiger partial charge is 0.497 e. The summed E-state index contributed by atoms with van der Waals surface area (Å²) >= 11 is 0. The fourth-order valence-corrected chi connectivity index (χ4v) is 1.90. The Morgan fingerprint density at radius 1 is 1.26 bits per heavy atom. The molecule has 102 valence electrons. The zero-order chi connectivity index (χ0) is 13.7. The molecule has 0 spiro atoms. The number of hydrogen-bond acceptors (Lipinski definition) is 4. The van der Waals surface area contributed by atoms with Crippen LogP contribution in [-0.2, 0) is 6.54 Å². The Morgan fingerprint density at radius 2 is 2.11 bits per heavy atom. The lowest BCUT2D eigenvalue weighted by molar-refractivity contribution is 0.404. The topological polar surface area (TPSA) is 48.3 Å². The summed E-state index contributed by atoms with van der Waals surface area (Å²) in [6, 6.07) is 5.70. The first-order valence-electron chi connectivity index (χ1n) is 6.18. The zero-order valence-corrected chi connectivity index (χ0v) is 11.5. The molecule has 0 fully saturated rings. The van der Waals surface area contributed by atoms with Gasteiger partial charge in [0.15, 0.2) is 0 Å². The molecule has 19 heavy (non-hydrogen) atoms. The second-order valence-corrected chi connectivity index (χ2v) is 4.16. The van der Waals surface area contributed by atoms with Gasteiger partial charge in [-0.2, -0.15) is 0 Å². The molecule has 0 saturated carbocycles. The lowest BCUT2D eigenvalue weighted by Crippen LogP contribution is -2.11. The summed E-state index contributed by atoms with van der Waals surface area (Å²) in [4.78, 5) is 4.19. The molecule has 2 rings (SSSR count). The van der Waals surface area contributed by atoms with Gasteiger partial charge in [0.25, 0.3) is 0 Å². The van der Waals surface area contributed by atoms with E-state index in [9.17, 15) is 0 Å². The molecule has 1 N–H and O–H groups in total. The van der Waals surface area contributed by atoms with E-state index in [4.69, 9.17) is 9.47 Å². The molecule has 1 heterocycles. The Balaban J connectivity index is 2.00. The van der Waals surface area contributed by atoms with Gasteiger partial charge in [-0.05, 0) is 19.1 Å². The number of aryl methyl sites for hydroxylation is 1. The first-order chi connectivity index (χ1) is 9.24. The van der Waals surface area contributed by atoms with Gasteiger partial charge in [0.05, 0.1) is 19.9 Å². The third-order valence-corrected chi connectivity index (χ3v) is 3.00. The number of hydrogen-bond donors (Lipinski definition) is 1. The minimum absolute atomic E-state index is 0.792. The number of nitrogens with one attached hydrogen (secondary N) is 1. The number of anilines is 1. The van der Waals surface area contributed by atoms with Crippen LogP contribution < -0.4 is 14.8 Å². The summed E-state index contributed by atoms with van der Waals surface area (Å²) in [6.07, 6.45) is 3.78. The maximum absolute atomic E-state index is 5.32. The number of ether oxygens (including phenoxy) is 2. The second kappa shape index (κ2) is 6.13. The van der Waals surface area contributed by atoms with Crippen molar-refractivity contribution in [1.82, 2.24) is 9.55 Å². The minimum atomic E-state index is 0.792. The van der Waals surface area contributed by atoms with Gasteiger partial charge in [-0.1, -0.05) is 0 Å². The van der Waals surface area contributed by atoms with Crippen molar-refractivity contribution >= 4 is 5.69 Å². The van der Waals surface area contributed by atoms with Crippen molar-refractivity contribution in [3.63, 3.8) is 0 Å². The summed E-state index contributed by atoms with van der Waals surface area (Å²) in [5, 5.41) is 3.35. The highest BCUT2D eigenvalue weighted by Crippen LogP contribution is 2.28. The average molecular weight is 261 g/mol. The normalized spacial score (nSPS) is 10.3. The SMILES string of the molecule is COc1ccc(OC)c(NCCn2ccnc2C)c1. The standard InChI is InChI=1S/C14H19N3O2/c1-11-15-6-8-17(11)9-7-16-13-10-12(18-2)4-5-14(13)19-3/h4-6,8,10,16H,7,9H2,1-3H3. The third-order valence-electron chi connectivity index (χ3n) is 3.00. The summed E-state index contributed by atoms with van der Waals surface area (Å²) in [5.74, 6) is 2.63. The van der Waals surface area contributed by atoms with E-state index in [0.29, 0.717) is 0 Å². The van der Waals surface area contributed by atoms with E-state index in [-0.39, 0.29) is 0 Å². The second-order valence-electron chi connectivity index (χ2n) is 4.16. The predicted octanol–water partition coefficient (Wildman–Crippen LogP) is 2.32. The lowest BCUT2D eigenvalue weighted by atomic mass is 10.2. The van der Waals surface area contributed by atoms with Gasteiger partial charge in [-0.25, -0.2) is 4.98 Å². The van der Waals surface area contributed by atoms with E-state index >= 15 is 0 Å². The van der Waals surface area contributed by atoms with Crippen LogP contribution in [0.1, 0.15) is 5.82 Å². The molecular weight excluding hydrogens is 242 g/mol. The predicted molar refractivity (Wildman–Crippen MR) is 75.0 cm³/mol. The number of methoxy groups -OCH3 is 2. The Morgan fingerprint density at radius 3 is 2.74 bits per heavy atom. The third kappa shape index (κ3) is 3.19. The number of nitrogens with zero attached hydrogens (tertiary/aromatic N) is 2. The molecule has 0 bridgehead atoms. The molecule has 0 amide bonds. The number of benzene rings is 1. The first kappa shape index (κ1) is 13.3. The van der Waals surface area contributed by atoms with Crippen LogP contribution in [0.3, 0.4) is 0 Å². The van der Waals surface area contributed by atoms with Gasteiger partial charge in [-0.15, -0.1) is 0 Å². The van der Waals surface area contributed by atoms with Crippen molar-refractivity contribution in [2.45, 2.75) is 13.5 Å². The summed E-state index contributed by atoms with van der Waals surface area (Å²) in [6.45, 7) is 3.64. The molecule has 1 aromatic carbocycles. The smallest absolute Gasteiger partial charge is 0.142 e. The summed E-state index contributed by atoms with van der Waals surface area (Å²) in [5.41, 5.74) is 0.930. The van der Waals surface area contributed by atoms with Crippen LogP contribution in [0.25, 0.3) is 0 Å². The van der Waals surface area contributed by atoms with E-state index in [1.54, 1.807) is 14.2 Å². The lowest BCUT2D eigenvalue weighted by Gasteiger charge is -2.13. The zero-order valence-electron chi connectivity index (χ0n) is 11.5. The molecule has 0 aliphatic heterocycles. The number of aromatic nitrogens is 2. The van der Waals surface area contributed by atoms with Crippen LogP contribution in [0, 0.1) is 6.92 Å². The van der Waals surface area contributed by atoms with Gasteiger partial charge in [-0.3, -0.25) is 0 Å². The van der Waals surface area contributed by atoms with Gasteiger partial charge < -0.3 is 19.4 Å². The van der Waals surface area contributed by atoms with Crippen molar-refractivity contribution in [3.8, 4) is 11.5 Å². The van der Waals surface area contributed by atoms with Crippen molar-refractivity contribution < 1.29 is 9.47 Å². The Kier molecular flexibility index (Phi) is 4.28. The van der Waals surface area contributed by atoms with Crippen molar-refractivity contribution in [2.24, 2.45) is 0 Å². The van der Waals surface area contributed by atoms with Gasteiger partial charge >= 0.3 is 0 Å². The van der Waals surface area contributed by atoms with Crippen LogP contribution >= 0.6 is 0 Å². The van der Waals surface area contributed by atoms with E-state index in [2.05, 4.69) is 14.9 Å². The average Bonchev–Trinajstić information content (AvgIpc) is 2.84. The summed E-state index contributed by atoms with van der Waals surface area (Å²) in [7, 11) is 3.31. The molecule has 0 atom stereocenters. The van der Waals surface area contributed by atoms with Gasteiger partial charge in [0.2, 0.25) is 0 Å². The van der Waals surface area contributed by atoms with Crippen molar-refractivity contribution in [3.05, 3.63) is 36.4 Å². The molecule has 2 aromatic rings. The minimum Gasteiger partial charge on any atom is -0.497 e. The first-order valence-corrected chi connectivity index (χ1v) is 6.18. The van der Waals surface area contributed by atoms with E-state index < -0.39 is 0 Å². The molecule has 1 aromatic heterocycles. The Labute approximate surface area is 113 Å². The maximum Gasteiger partial charge on any atom is 0.142 e.